The van der Waals surface area contributed by atoms with Crippen molar-refractivity contribution in [1.29, 1.82) is 0 Å². The topological polar surface area (TPSA) is 9.23 Å². The molecular formula is C14H20Br2O. The number of hydrogen-bond acceptors (Lipinski definition) is 1. The first-order valence-electron chi connectivity index (χ1n) is 6.04. The number of hydrogen-bond donors (Lipinski definition) is 0. The van der Waals surface area contributed by atoms with Crippen molar-refractivity contribution in [2.45, 2.75) is 33.3 Å². The van der Waals surface area contributed by atoms with Crippen LogP contribution in [-0.2, 0) is 11.3 Å². The standard InChI is InChI=1S/C14H20Br2O/c1-3-14(4-2,10-15)11-17-9-12-7-5-6-8-13(12)16/h5-8H,3-4,9-11H2,1-2H3. The van der Waals surface area contributed by atoms with Crippen LogP contribution < -0.4 is 0 Å². The predicted molar refractivity (Wildman–Crippen MR) is 80.6 cm³/mol. The van der Waals surface area contributed by atoms with Gasteiger partial charge >= 0.3 is 0 Å². The molecule has 0 unspecified atom stereocenters. The van der Waals surface area contributed by atoms with E-state index in [1.54, 1.807) is 0 Å². The van der Waals surface area contributed by atoms with E-state index in [0.29, 0.717) is 6.61 Å². The Labute approximate surface area is 121 Å². The van der Waals surface area contributed by atoms with E-state index in [1.807, 2.05) is 12.1 Å². The Morgan fingerprint density at radius 1 is 1.18 bits per heavy atom. The van der Waals surface area contributed by atoms with Crippen LogP contribution in [0, 0.1) is 5.41 Å². The van der Waals surface area contributed by atoms with Crippen LogP contribution in [0.2, 0.25) is 0 Å². The second kappa shape index (κ2) is 7.55. The number of alkyl halides is 1. The Kier molecular flexibility index (Phi) is 6.75. The molecule has 0 aliphatic carbocycles. The van der Waals surface area contributed by atoms with Crippen LogP contribution in [0.15, 0.2) is 28.7 Å². The number of halogens is 2. The molecular weight excluding hydrogens is 344 g/mol. The van der Waals surface area contributed by atoms with E-state index in [1.165, 1.54) is 5.56 Å². The summed E-state index contributed by atoms with van der Waals surface area (Å²) in [6.07, 6.45) is 2.29. The molecule has 96 valence electrons. The molecule has 1 aromatic carbocycles. The van der Waals surface area contributed by atoms with Crippen molar-refractivity contribution >= 4 is 31.9 Å². The first-order chi connectivity index (χ1) is 8.17. The van der Waals surface area contributed by atoms with Crippen LogP contribution in [0.5, 0.6) is 0 Å². The third-order valence-corrected chi connectivity index (χ3v) is 5.37. The molecule has 0 radical (unpaired) electrons. The van der Waals surface area contributed by atoms with Crippen molar-refractivity contribution in [2.75, 3.05) is 11.9 Å². The quantitative estimate of drug-likeness (QED) is 0.607. The molecule has 1 nitrogen and oxygen atoms in total. The summed E-state index contributed by atoms with van der Waals surface area (Å²) in [5.41, 5.74) is 1.49. The smallest absolute Gasteiger partial charge is 0.0728 e. The first-order valence-corrected chi connectivity index (χ1v) is 7.96. The molecule has 1 rings (SSSR count). The Hall–Kier alpha value is 0.140. The van der Waals surface area contributed by atoms with E-state index in [9.17, 15) is 0 Å². The van der Waals surface area contributed by atoms with Crippen LogP contribution in [0.1, 0.15) is 32.3 Å². The maximum absolute atomic E-state index is 5.88. The van der Waals surface area contributed by atoms with E-state index in [4.69, 9.17) is 4.74 Å². The lowest BCUT2D eigenvalue weighted by Crippen LogP contribution is -2.27. The maximum Gasteiger partial charge on any atom is 0.0728 e. The summed E-state index contributed by atoms with van der Waals surface area (Å²) < 4.78 is 7.00. The zero-order valence-electron chi connectivity index (χ0n) is 10.5. The molecule has 0 spiro atoms. The van der Waals surface area contributed by atoms with Gasteiger partial charge in [0, 0.05) is 15.2 Å². The minimum Gasteiger partial charge on any atom is -0.376 e. The fourth-order valence-electron chi connectivity index (χ4n) is 1.67. The van der Waals surface area contributed by atoms with E-state index < -0.39 is 0 Å². The average molecular weight is 364 g/mol. The molecule has 0 amide bonds. The summed E-state index contributed by atoms with van der Waals surface area (Å²) in [6.45, 7) is 5.95. The normalized spacial score (nSPS) is 11.8. The van der Waals surface area contributed by atoms with Gasteiger partial charge in [-0.1, -0.05) is 63.9 Å². The highest BCUT2D eigenvalue weighted by atomic mass is 79.9. The zero-order valence-corrected chi connectivity index (χ0v) is 13.7. The summed E-state index contributed by atoms with van der Waals surface area (Å²) in [6, 6.07) is 8.21. The molecule has 0 atom stereocenters. The van der Waals surface area contributed by atoms with Gasteiger partial charge < -0.3 is 4.74 Å². The fraction of sp³-hybridized carbons (Fsp3) is 0.571. The average Bonchev–Trinajstić information content (AvgIpc) is 2.37. The highest BCUT2D eigenvalue weighted by Crippen LogP contribution is 2.29. The van der Waals surface area contributed by atoms with Crippen molar-refractivity contribution in [3.63, 3.8) is 0 Å². The lowest BCUT2D eigenvalue weighted by molar-refractivity contribution is 0.0410. The van der Waals surface area contributed by atoms with Crippen molar-refractivity contribution in [1.82, 2.24) is 0 Å². The predicted octanol–water partition coefficient (Wildman–Crippen LogP) is 5.17. The lowest BCUT2D eigenvalue weighted by Gasteiger charge is -2.29. The van der Waals surface area contributed by atoms with Gasteiger partial charge in [0.15, 0.2) is 0 Å². The SMILES string of the molecule is CCC(CC)(CBr)COCc1ccccc1Br. The molecule has 0 saturated heterocycles. The van der Waals surface area contributed by atoms with Crippen LogP contribution in [0.4, 0.5) is 0 Å². The molecule has 0 aliphatic heterocycles. The molecule has 0 heterocycles. The number of rotatable bonds is 7. The van der Waals surface area contributed by atoms with Gasteiger partial charge in [0.1, 0.15) is 0 Å². The second-order valence-corrected chi connectivity index (χ2v) is 5.84. The van der Waals surface area contributed by atoms with Crippen molar-refractivity contribution in [3.05, 3.63) is 34.3 Å². The Balaban J connectivity index is 2.49. The molecule has 0 saturated carbocycles. The van der Waals surface area contributed by atoms with Crippen LogP contribution in [-0.4, -0.2) is 11.9 Å². The van der Waals surface area contributed by atoms with Crippen molar-refractivity contribution in [3.8, 4) is 0 Å². The highest BCUT2D eigenvalue weighted by Gasteiger charge is 2.24. The third-order valence-electron chi connectivity index (χ3n) is 3.41. The Morgan fingerprint density at radius 3 is 2.35 bits per heavy atom. The zero-order chi connectivity index (χ0) is 12.7. The van der Waals surface area contributed by atoms with Crippen molar-refractivity contribution in [2.24, 2.45) is 5.41 Å². The molecule has 0 aliphatic rings. The highest BCUT2D eigenvalue weighted by molar-refractivity contribution is 9.10. The van der Waals surface area contributed by atoms with Gasteiger partial charge in [-0.15, -0.1) is 0 Å². The number of benzene rings is 1. The van der Waals surface area contributed by atoms with Gasteiger partial charge in [-0.05, 0) is 24.5 Å². The van der Waals surface area contributed by atoms with Crippen molar-refractivity contribution < 1.29 is 4.74 Å². The summed E-state index contributed by atoms with van der Waals surface area (Å²) in [5, 5.41) is 1.00. The molecule has 17 heavy (non-hydrogen) atoms. The van der Waals surface area contributed by atoms with Crippen LogP contribution in [0.25, 0.3) is 0 Å². The summed E-state index contributed by atoms with van der Waals surface area (Å²) in [7, 11) is 0. The van der Waals surface area contributed by atoms with E-state index in [0.717, 1.165) is 29.3 Å². The summed E-state index contributed by atoms with van der Waals surface area (Å²) in [4.78, 5) is 0. The van der Waals surface area contributed by atoms with Gasteiger partial charge in [-0.2, -0.15) is 0 Å². The molecule has 0 fully saturated rings. The van der Waals surface area contributed by atoms with E-state index >= 15 is 0 Å². The molecule has 0 bridgehead atoms. The maximum atomic E-state index is 5.88. The van der Waals surface area contributed by atoms with E-state index in [2.05, 4.69) is 57.8 Å². The monoisotopic (exact) mass is 362 g/mol. The second-order valence-electron chi connectivity index (χ2n) is 4.42. The fourth-order valence-corrected chi connectivity index (χ4v) is 3.03. The van der Waals surface area contributed by atoms with Gasteiger partial charge in [0.05, 0.1) is 13.2 Å². The Bertz CT molecular complexity index is 326. The van der Waals surface area contributed by atoms with Gasteiger partial charge in [-0.25, -0.2) is 0 Å². The Morgan fingerprint density at radius 2 is 1.82 bits per heavy atom. The van der Waals surface area contributed by atoms with Gasteiger partial charge in [0.25, 0.3) is 0 Å². The summed E-state index contributed by atoms with van der Waals surface area (Å²) in [5.74, 6) is 0. The van der Waals surface area contributed by atoms with Crippen LogP contribution >= 0.6 is 31.9 Å². The molecule has 3 heteroatoms. The first kappa shape index (κ1) is 15.2. The minimum atomic E-state index is 0.279. The molecule has 0 aromatic heterocycles. The lowest BCUT2D eigenvalue weighted by atomic mass is 9.86. The van der Waals surface area contributed by atoms with Gasteiger partial charge in [-0.3, -0.25) is 0 Å². The minimum absolute atomic E-state index is 0.279. The number of ether oxygens (including phenoxy) is 1. The molecule has 0 N–H and O–H groups in total. The molecule has 1 aromatic rings. The van der Waals surface area contributed by atoms with Gasteiger partial charge in [0.2, 0.25) is 0 Å². The largest absolute Gasteiger partial charge is 0.376 e. The van der Waals surface area contributed by atoms with Crippen LogP contribution in [0.3, 0.4) is 0 Å². The third kappa shape index (κ3) is 4.38. The van der Waals surface area contributed by atoms with E-state index in [-0.39, 0.29) is 5.41 Å². The summed E-state index contributed by atoms with van der Waals surface area (Å²) >= 11 is 7.14.